The molecule has 2 fully saturated rings. The monoisotopic (exact) mass is 420 g/mol. The van der Waals surface area contributed by atoms with E-state index in [-0.39, 0.29) is 5.78 Å². The highest BCUT2D eigenvalue weighted by molar-refractivity contribution is 6.04. The van der Waals surface area contributed by atoms with E-state index in [0.717, 1.165) is 24.7 Å². The van der Waals surface area contributed by atoms with Crippen molar-refractivity contribution in [1.29, 1.82) is 0 Å². The van der Waals surface area contributed by atoms with Crippen molar-refractivity contribution in [3.8, 4) is 11.5 Å². The molecule has 2 aromatic rings. The average molecular weight is 421 g/mol. The first-order valence-corrected chi connectivity index (χ1v) is 11.3. The van der Waals surface area contributed by atoms with Gasteiger partial charge in [-0.1, -0.05) is 30.3 Å². The second-order valence-electron chi connectivity index (χ2n) is 8.33. The maximum absolute atomic E-state index is 12.7. The number of allylic oxidation sites excluding steroid dienone is 1. The van der Waals surface area contributed by atoms with Crippen molar-refractivity contribution in [2.75, 3.05) is 33.3 Å². The van der Waals surface area contributed by atoms with Crippen LogP contribution in [0.25, 0.3) is 0 Å². The molecule has 0 amide bonds. The fourth-order valence-corrected chi connectivity index (χ4v) is 4.45. The van der Waals surface area contributed by atoms with Crippen LogP contribution in [-0.2, 0) is 6.61 Å². The van der Waals surface area contributed by atoms with Crippen LogP contribution >= 0.6 is 0 Å². The summed E-state index contributed by atoms with van der Waals surface area (Å²) in [5, 5.41) is 0. The molecule has 0 N–H and O–H groups in total. The molecule has 2 saturated heterocycles. The van der Waals surface area contributed by atoms with Gasteiger partial charge < -0.3 is 19.3 Å². The molecular weight excluding hydrogens is 388 g/mol. The highest BCUT2D eigenvalue weighted by Crippen LogP contribution is 2.29. The molecule has 5 heteroatoms. The van der Waals surface area contributed by atoms with E-state index >= 15 is 0 Å². The molecule has 164 valence electrons. The number of hydrogen-bond donors (Lipinski definition) is 0. The lowest BCUT2D eigenvalue weighted by molar-refractivity contribution is 0.104. The Labute approximate surface area is 185 Å². The Bertz CT molecular complexity index is 883. The summed E-state index contributed by atoms with van der Waals surface area (Å²) in [4.78, 5) is 17.6. The summed E-state index contributed by atoms with van der Waals surface area (Å²) in [5.41, 5.74) is 1.69. The Morgan fingerprint density at radius 3 is 2.45 bits per heavy atom. The second kappa shape index (κ2) is 10.5. The van der Waals surface area contributed by atoms with Gasteiger partial charge in [0.1, 0.15) is 6.61 Å². The van der Waals surface area contributed by atoms with Crippen molar-refractivity contribution in [3.63, 3.8) is 0 Å². The predicted octanol–water partition coefficient (Wildman–Crippen LogP) is 4.53. The SMILES string of the molecule is COc1cc(C(=O)C=CN2CCC(N3CCCC3)CC2)ccc1OCc1ccccc1. The maximum Gasteiger partial charge on any atom is 0.187 e. The van der Waals surface area contributed by atoms with Crippen molar-refractivity contribution in [3.05, 3.63) is 71.9 Å². The standard InChI is InChI=1S/C26H32N2O3/c1-30-26-19-22(9-10-25(26)31-20-21-7-3-2-4-8-21)24(29)13-18-27-16-11-23(12-17-27)28-14-5-6-15-28/h2-4,7-10,13,18-19,23H,5-6,11-12,14-17,20H2,1H3. The Kier molecular flexibility index (Phi) is 7.26. The smallest absolute Gasteiger partial charge is 0.187 e. The summed E-state index contributed by atoms with van der Waals surface area (Å²) in [6, 6.07) is 16.1. The van der Waals surface area contributed by atoms with Gasteiger partial charge in [0.25, 0.3) is 0 Å². The molecule has 4 rings (SSSR count). The van der Waals surface area contributed by atoms with Crippen molar-refractivity contribution in [2.45, 2.75) is 38.3 Å². The fraction of sp³-hybridized carbons (Fsp3) is 0.423. The van der Waals surface area contributed by atoms with Crippen LogP contribution in [0, 0.1) is 0 Å². The lowest BCUT2D eigenvalue weighted by atomic mass is 10.0. The number of benzene rings is 2. The molecule has 0 unspecified atom stereocenters. The number of carbonyl (C=O) groups is 1. The van der Waals surface area contributed by atoms with E-state index in [4.69, 9.17) is 9.47 Å². The Balaban J connectivity index is 1.31. The lowest BCUT2D eigenvalue weighted by Gasteiger charge is -2.36. The molecule has 0 radical (unpaired) electrons. The fourth-order valence-electron chi connectivity index (χ4n) is 4.45. The molecular formula is C26H32N2O3. The van der Waals surface area contributed by atoms with Gasteiger partial charge in [0.2, 0.25) is 0 Å². The van der Waals surface area contributed by atoms with Crippen LogP contribution < -0.4 is 9.47 Å². The normalized spacial score (nSPS) is 17.9. The minimum absolute atomic E-state index is 0.0189. The van der Waals surface area contributed by atoms with E-state index < -0.39 is 0 Å². The maximum atomic E-state index is 12.7. The van der Waals surface area contributed by atoms with Crippen molar-refractivity contribution < 1.29 is 14.3 Å². The number of ether oxygens (including phenoxy) is 2. The second-order valence-corrected chi connectivity index (χ2v) is 8.33. The molecule has 0 atom stereocenters. The van der Waals surface area contributed by atoms with E-state index in [2.05, 4.69) is 9.80 Å². The molecule has 0 aromatic heterocycles. The largest absolute Gasteiger partial charge is 0.493 e. The topological polar surface area (TPSA) is 42.0 Å². The lowest BCUT2D eigenvalue weighted by Crippen LogP contribution is -2.42. The molecule has 2 aliphatic heterocycles. The predicted molar refractivity (Wildman–Crippen MR) is 123 cm³/mol. The third-order valence-electron chi connectivity index (χ3n) is 6.28. The Morgan fingerprint density at radius 2 is 1.74 bits per heavy atom. The van der Waals surface area contributed by atoms with E-state index in [0.29, 0.717) is 23.7 Å². The quantitative estimate of drug-likeness (QED) is 0.464. The van der Waals surface area contributed by atoms with Crippen molar-refractivity contribution in [2.24, 2.45) is 0 Å². The van der Waals surface area contributed by atoms with Crippen LogP contribution in [0.1, 0.15) is 41.6 Å². The number of piperidine rings is 1. The van der Waals surface area contributed by atoms with Crippen LogP contribution in [0.4, 0.5) is 0 Å². The van der Waals surface area contributed by atoms with Crippen LogP contribution in [0.15, 0.2) is 60.8 Å². The van der Waals surface area contributed by atoms with E-state index in [1.165, 1.54) is 38.8 Å². The summed E-state index contributed by atoms with van der Waals surface area (Å²) >= 11 is 0. The summed E-state index contributed by atoms with van der Waals surface area (Å²) in [6.07, 6.45) is 8.67. The number of ketones is 1. The van der Waals surface area contributed by atoms with Gasteiger partial charge in [-0.2, -0.15) is 0 Å². The van der Waals surface area contributed by atoms with E-state index in [1.807, 2.05) is 42.6 Å². The first-order chi connectivity index (χ1) is 15.2. The highest BCUT2D eigenvalue weighted by Gasteiger charge is 2.25. The molecule has 0 spiro atoms. The van der Waals surface area contributed by atoms with Gasteiger partial charge in [-0.3, -0.25) is 4.79 Å². The molecule has 31 heavy (non-hydrogen) atoms. The molecule has 0 bridgehead atoms. The summed E-state index contributed by atoms with van der Waals surface area (Å²) in [7, 11) is 1.60. The van der Waals surface area contributed by atoms with Crippen LogP contribution in [-0.4, -0.2) is 54.9 Å². The zero-order chi connectivity index (χ0) is 21.5. The minimum atomic E-state index is -0.0189. The van der Waals surface area contributed by atoms with Crippen molar-refractivity contribution in [1.82, 2.24) is 9.80 Å². The van der Waals surface area contributed by atoms with Gasteiger partial charge in [-0.05, 0) is 62.5 Å². The summed E-state index contributed by atoms with van der Waals surface area (Å²) in [5.74, 6) is 1.19. The van der Waals surface area contributed by atoms with E-state index in [9.17, 15) is 4.79 Å². The van der Waals surface area contributed by atoms with Crippen LogP contribution in [0.3, 0.4) is 0 Å². The molecule has 2 aliphatic rings. The Morgan fingerprint density at radius 1 is 1.00 bits per heavy atom. The minimum Gasteiger partial charge on any atom is -0.493 e. The molecule has 5 nitrogen and oxygen atoms in total. The molecule has 0 saturated carbocycles. The number of methoxy groups -OCH3 is 1. The molecule has 0 aliphatic carbocycles. The van der Waals surface area contributed by atoms with Crippen molar-refractivity contribution >= 4 is 5.78 Å². The van der Waals surface area contributed by atoms with E-state index in [1.54, 1.807) is 25.3 Å². The van der Waals surface area contributed by atoms with Crippen LogP contribution in [0.2, 0.25) is 0 Å². The summed E-state index contributed by atoms with van der Waals surface area (Å²) in [6.45, 7) is 5.00. The van der Waals surface area contributed by atoms with Gasteiger partial charge in [0, 0.05) is 37.0 Å². The number of rotatable bonds is 8. The average Bonchev–Trinajstić information content (AvgIpc) is 3.37. The van der Waals surface area contributed by atoms with Gasteiger partial charge in [-0.15, -0.1) is 0 Å². The highest BCUT2D eigenvalue weighted by atomic mass is 16.5. The molecule has 2 aromatic carbocycles. The number of nitrogens with zero attached hydrogens (tertiary/aromatic N) is 2. The van der Waals surface area contributed by atoms with Gasteiger partial charge in [0.05, 0.1) is 7.11 Å². The number of carbonyl (C=O) groups excluding carboxylic acids is 1. The third-order valence-corrected chi connectivity index (χ3v) is 6.28. The van der Waals surface area contributed by atoms with Gasteiger partial charge in [0.15, 0.2) is 17.3 Å². The molecule has 2 heterocycles. The number of likely N-dealkylation sites (tertiary alicyclic amines) is 2. The number of hydrogen-bond acceptors (Lipinski definition) is 5. The third kappa shape index (κ3) is 5.67. The van der Waals surface area contributed by atoms with Gasteiger partial charge in [-0.25, -0.2) is 0 Å². The zero-order valence-corrected chi connectivity index (χ0v) is 18.3. The first kappa shape index (κ1) is 21.4. The Hall–Kier alpha value is -2.79. The van der Waals surface area contributed by atoms with Crippen LogP contribution in [0.5, 0.6) is 11.5 Å². The summed E-state index contributed by atoms with van der Waals surface area (Å²) < 4.78 is 11.4. The first-order valence-electron chi connectivity index (χ1n) is 11.3. The van der Waals surface area contributed by atoms with Gasteiger partial charge >= 0.3 is 0 Å². The zero-order valence-electron chi connectivity index (χ0n) is 18.3.